The van der Waals surface area contributed by atoms with E-state index in [1.54, 1.807) is 7.05 Å². The van der Waals surface area contributed by atoms with Gasteiger partial charge in [-0.2, -0.15) is 0 Å². The van der Waals surface area contributed by atoms with E-state index in [0.717, 1.165) is 0 Å². The van der Waals surface area contributed by atoms with Crippen LogP contribution in [-0.4, -0.2) is 48.4 Å². The molecule has 8 nitrogen and oxygen atoms in total. The fourth-order valence-corrected chi connectivity index (χ4v) is 2.32. The van der Waals surface area contributed by atoms with Crippen molar-refractivity contribution in [2.24, 2.45) is 5.92 Å². The molecule has 0 aromatic rings. The lowest BCUT2D eigenvalue weighted by Crippen LogP contribution is -2.47. The minimum Gasteiger partial charge on any atom is -0.347 e. The number of thiol groups is 1. The maximum atomic E-state index is 11.8. The summed E-state index contributed by atoms with van der Waals surface area (Å²) >= 11 is 3.78. The van der Waals surface area contributed by atoms with Gasteiger partial charge in [0, 0.05) is 6.42 Å². The number of rotatable bonds is 12. The number of hydrogen-bond donors (Lipinski definition) is 5. The molecule has 0 saturated carbocycles. The van der Waals surface area contributed by atoms with E-state index in [0.29, 0.717) is 12.8 Å². The Labute approximate surface area is 148 Å². The lowest BCUT2D eigenvalue weighted by Gasteiger charge is -2.21. The van der Waals surface area contributed by atoms with Crippen LogP contribution in [0.25, 0.3) is 0 Å². The van der Waals surface area contributed by atoms with E-state index in [9.17, 15) is 19.2 Å². The highest BCUT2D eigenvalue weighted by atomic mass is 32.1. The Balaban J connectivity index is 4.27. The predicted octanol–water partition coefficient (Wildman–Crippen LogP) is -0.448. The maximum absolute atomic E-state index is 11.8. The molecule has 0 aromatic carbocycles. The van der Waals surface area contributed by atoms with Crippen LogP contribution < -0.4 is 21.5 Å². The Kier molecular flexibility index (Phi) is 11.3. The summed E-state index contributed by atoms with van der Waals surface area (Å²) in [6.07, 6.45) is 1.13. The van der Waals surface area contributed by atoms with Crippen molar-refractivity contribution in [3.05, 3.63) is 0 Å². The number of hydrazine groups is 1. The maximum Gasteiger partial charge on any atom is 0.240 e. The molecule has 0 aliphatic heterocycles. The Morgan fingerprint density at radius 1 is 1.12 bits per heavy atom. The Bertz CT molecular complexity index is 459. The fourth-order valence-electron chi connectivity index (χ4n) is 2.00. The van der Waals surface area contributed by atoms with Gasteiger partial charge in [0.15, 0.2) is 0 Å². The summed E-state index contributed by atoms with van der Waals surface area (Å²) in [5, 5.41) is 4.63. The molecule has 0 unspecified atom stereocenters. The van der Waals surface area contributed by atoms with Gasteiger partial charge in [0.1, 0.15) is 11.8 Å². The van der Waals surface area contributed by atoms with Crippen LogP contribution in [0.1, 0.15) is 40.0 Å². The number of carbonyl (C=O) groups is 4. The fraction of sp³-hybridized carbons (Fsp3) is 0.733. The molecule has 2 amide bonds. The summed E-state index contributed by atoms with van der Waals surface area (Å²) in [6, 6.07) is -1.14. The van der Waals surface area contributed by atoms with Crippen LogP contribution in [0.5, 0.6) is 0 Å². The van der Waals surface area contributed by atoms with Crippen LogP contribution in [0.15, 0.2) is 0 Å². The Morgan fingerprint density at radius 2 is 1.75 bits per heavy atom. The van der Waals surface area contributed by atoms with Crippen molar-refractivity contribution in [1.82, 2.24) is 21.5 Å². The van der Waals surface area contributed by atoms with Gasteiger partial charge in [-0.1, -0.05) is 20.3 Å². The zero-order valence-electron chi connectivity index (χ0n) is 14.6. The lowest BCUT2D eigenvalue weighted by atomic mass is 10.0. The highest BCUT2D eigenvalue weighted by molar-refractivity contribution is 7.96. The monoisotopic (exact) mass is 360 g/mol. The molecule has 9 heteroatoms. The second-order valence-corrected chi connectivity index (χ2v) is 6.08. The van der Waals surface area contributed by atoms with Crippen molar-refractivity contribution in [3.8, 4) is 0 Å². The summed E-state index contributed by atoms with van der Waals surface area (Å²) in [5.74, 6) is -0.920. The van der Waals surface area contributed by atoms with Crippen LogP contribution >= 0.6 is 12.6 Å². The highest BCUT2D eigenvalue weighted by Gasteiger charge is 2.23. The summed E-state index contributed by atoms with van der Waals surface area (Å²) < 4.78 is 0. The molecule has 0 fully saturated rings. The summed E-state index contributed by atoms with van der Waals surface area (Å²) in [6.45, 7) is 4.96. The van der Waals surface area contributed by atoms with Crippen molar-refractivity contribution in [1.29, 1.82) is 0 Å². The first-order valence-electron chi connectivity index (χ1n) is 7.94. The molecule has 0 aliphatic rings. The first-order valence-corrected chi connectivity index (χ1v) is 8.39. The van der Waals surface area contributed by atoms with E-state index in [-0.39, 0.29) is 30.6 Å². The standard InChI is InChI=1S/C15H28N4O4S/c1-5-9(2)14(15(23)24)18-13(22)8-17-12(21)7-6-11(10(3)20)19-16-4/h9,11,14,16,19H,5-8H2,1-4H3,(H,17,21)(H,18,22)(H,23,24)/t9-,11-,14-/m0/s1. The molecule has 3 atom stereocenters. The van der Waals surface area contributed by atoms with Crippen molar-refractivity contribution in [3.63, 3.8) is 0 Å². The minimum absolute atomic E-state index is 0.0430. The average molecular weight is 360 g/mol. The third-order valence-corrected chi connectivity index (χ3v) is 3.99. The molecule has 4 N–H and O–H groups in total. The van der Waals surface area contributed by atoms with Gasteiger partial charge in [0.2, 0.25) is 16.9 Å². The average Bonchev–Trinajstić information content (AvgIpc) is 2.53. The van der Waals surface area contributed by atoms with Gasteiger partial charge < -0.3 is 10.6 Å². The zero-order valence-corrected chi connectivity index (χ0v) is 15.5. The molecular formula is C15H28N4O4S. The van der Waals surface area contributed by atoms with Crippen LogP contribution in [0.3, 0.4) is 0 Å². The number of ketones is 1. The second-order valence-electron chi connectivity index (χ2n) is 5.64. The zero-order chi connectivity index (χ0) is 18.7. The number of amides is 2. The molecule has 0 aromatic heterocycles. The van der Waals surface area contributed by atoms with Crippen LogP contribution in [0.4, 0.5) is 0 Å². The normalized spacial score (nSPS) is 14.4. The van der Waals surface area contributed by atoms with Crippen molar-refractivity contribution >= 4 is 35.3 Å². The van der Waals surface area contributed by atoms with Crippen molar-refractivity contribution in [2.75, 3.05) is 13.6 Å². The number of Topliss-reactive ketones (excluding diaryl/α,β-unsaturated/α-hetero) is 1. The highest BCUT2D eigenvalue weighted by Crippen LogP contribution is 2.10. The molecule has 138 valence electrons. The van der Waals surface area contributed by atoms with Gasteiger partial charge >= 0.3 is 0 Å². The molecule has 0 spiro atoms. The quantitative estimate of drug-likeness (QED) is 0.238. The van der Waals surface area contributed by atoms with Gasteiger partial charge in [0.05, 0.1) is 12.6 Å². The number of carbonyl (C=O) groups excluding carboxylic acids is 4. The SMILES string of the molecule is CC[C@H](C)[C@H](NC(=O)CNC(=O)CC[C@H](NNC)C(C)=O)C(=O)S. The molecule has 0 heterocycles. The lowest BCUT2D eigenvalue weighted by molar-refractivity contribution is -0.128. The molecule has 24 heavy (non-hydrogen) atoms. The summed E-state index contributed by atoms with van der Waals surface area (Å²) in [4.78, 5) is 46.4. The van der Waals surface area contributed by atoms with Gasteiger partial charge in [-0.25, -0.2) is 5.43 Å². The third kappa shape index (κ3) is 8.99. The largest absolute Gasteiger partial charge is 0.347 e. The van der Waals surface area contributed by atoms with E-state index in [1.807, 2.05) is 13.8 Å². The van der Waals surface area contributed by atoms with Crippen LogP contribution in [0.2, 0.25) is 0 Å². The predicted molar refractivity (Wildman–Crippen MR) is 94.3 cm³/mol. The molecule has 0 bridgehead atoms. The first kappa shape index (κ1) is 22.6. The van der Waals surface area contributed by atoms with E-state index in [4.69, 9.17) is 0 Å². The minimum atomic E-state index is -0.676. The second kappa shape index (κ2) is 12.0. The van der Waals surface area contributed by atoms with Crippen molar-refractivity contribution < 1.29 is 19.2 Å². The first-order chi connectivity index (χ1) is 11.2. The van der Waals surface area contributed by atoms with Crippen LogP contribution in [-0.2, 0) is 19.2 Å². The van der Waals surface area contributed by atoms with Gasteiger partial charge in [0.25, 0.3) is 0 Å². The molecular weight excluding hydrogens is 332 g/mol. The van der Waals surface area contributed by atoms with E-state index < -0.39 is 23.1 Å². The van der Waals surface area contributed by atoms with Gasteiger partial charge in [-0.3, -0.25) is 24.6 Å². The summed E-state index contributed by atoms with van der Waals surface area (Å²) in [5.41, 5.74) is 5.42. The molecule has 0 rings (SSSR count). The topological polar surface area (TPSA) is 116 Å². The number of hydrogen-bond acceptors (Lipinski definition) is 6. The Hall–Kier alpha value is -1.45. The molecule has 0 saturated heterocycles. The van der Waals surface area contributed by atoms with E-state index in [1.165, 1.54) is 6.92 Å². The third-order valence-electron chi connectivity index (χ3n) is 3.71. The van der Waals surface area contributed by atoms with Crippen molar-refractivity contribution in [2.45, 2.75) is 52.1 Å². The van der Waals surface area contributed by atoms with Crippen LogP contribution in [0, 0.1) is 5.92 Å². The molecule has 0 radical (unpaired) electrons. The van der Waals surface area contributed by atoms with Gasteiger partial charge in [-0.05, 0) is 26.3 Å². The van der Waals surface area contributed by atoms with E-state index in [2.05, 4.69) is 34.1 Å². The smallest absolute Gasteiger partial charge is 0.240 e. The van der Waals surface area contributed by atoms with E-state index >= 15 is 0 Å². The summed E-state index contributed by atoms with van der Waals surface area (Å²) in [7, 11) is 1.64. The molecule has 0 aliphatic carbocycles. The van der Waals surface area contributed by atoms with Gasteiger partial charge in [-0.15, -0.1) is 12.6 Å². The number of nitrogens with one attached hydrogen (secondary N) is 4. The Morgan fingerprint density at radius 3 is 2.21 bits per heavy atom.